The van der Waals surface area contributed by atoms with Gasteiger partial charge in [-0.25, -0.2) is 0 Å². The van der Waals surface area contributed by atoms with Crippen LogP contribution in [0.1, 0.15) is 5.56 Å². The molecule has 15 heavy (non-hydrogen) atoms. The average Bonchev–Trinajstić information content (AvgIpc) is 2.29. The first-order valence-corrected chi connectivity index (χ1v) is 4.86. The van der Waals surface area contributed by atoms with E-state index in [-0.39, 0.29) is 12.5 Å². The van der Waals surface area contributed by atoms with Crippen LogP contribution in [0.2, 0.25) is 0 Å². The van der Waals surface area contributed by atoms with Crippen molar-refractivity contribution in [1.82, 2.24) is 5.32 Å². The number of nitrogens with two attached hydrogens (primary N) is 1. The third-order valence-corrected chi connectivity index (χ3v) is 2.09. The van der Waals surface area contributed by atoms with Crippen molar-refractivity contribution in [3.05, 3.63) is 29.8 Å². The lowest BCUT2D eigenvalue weighted by Gasteiger charge is -2.08. The summed E-state index contributed by atoms with van der Waals surface area (Å²) in [6.07, 6.45) is 0.746. The van der Waals surface area contributed by atoms with Crippen LogP contribution in [0.25, 0.3) is 0 Å². The van der Waals surface area contributed by atoms with Gasteiger partial charge < -0.3 is 15.8 Å². The molecule has 0 aliphatic rings. The van der Waals surface area contributed by atoms with Crippen molar-refractivity contribution in [3.63, 3.8) is 0 Å². The van der Waals surface area contributed by atoms with E-state index in [9.17, 15) is 4.79 Å². The molecule has 82 valence electrons. The van der Waals surface area contributed by atoms with E-state index in [1.54, 1.807) is 7.11 Å². The van der Waals surface area contributed by atoms with Gasteiger partial charge in [0.15, 0.2) is 0 Å². The first-order valence-electron chi connectivity index (χ1n) is 4.86. The van der Waals surface area contributed by atoms with Crippen molar-refractivity contribution < 1.29 is 9.53 Å². The minimum absolute atomic E-state index is 0.0337. The highest BCUT2D eigenvalue weighted by molar-refractivity contribution is 5.77. The number of ether oxygens (including phenoxy) is 1. The van der Waals surface area contributed by atoms with Gasteiger partial charge in [-0.2, -0.15) is 0 Å². The summed E-state index contributed by atoms with van der Waals surface area (Å²) in [4.78, 5) is 10.9. The van der Waals surface area contributed by atoms with Gasteiger partial charge in [-0.3, -0.25) is 4.79 Å². The Balaban J connectivity index is 2.46. The number of hydrogen-bond acceptors (Lipinski definition) is 3. The molecule has 0 saturated carbocycles. The average molecular weight is 208 g/mol. The lowest BCUT2D eigenvalue weighted by atomic mass is 10.1. The van der Waals surface area contributed by atoms with Crippen molar-refractivity contribution in [3.8, 4) is 5.75 Å². The van der Waals surface area contributed by atoms with Crippen LogP contribution < -0.4 is 15.8 Å². The maximum Gasteiger partial charge on any atom is 0.233 e. The van der Waals surface area contributed by atoms with Gasteiger partial charge >= 0.3 is 0 Å². The number of benzene rings is 1. The van der Waals surface area contributed by atoms with Crippen LogP contribution >= 0.6 is 0 Å². The molecule has 1 amide bonds. The van der Waals surface area contributed by atoms with Crippen molar-refractivity contribution in [2.45, 2.75) is 6.42 Å². The summed E-state index contributed by atoms with van der Waals surface area (Å²) in [5.74, 6) is 0.712. The largest absolute Gasteiger partial charge is 0.496 e. The predicted octanol–water partition coefficient (Wildman–Crippen LogP) is 0.313. The Morgan fingerprint density at radius 1 is 1.47 bits per heavy atom. The van der Waals surface area contributed by atoms with E-state index in [0.717, 1.165) is 17.7 Å². The zero-order valence-electron chi connectivity index (χ0n) is 8.82. The Kier molecular flexibility index (Phi) is 4.63. The van der Waals surface area contributed by atoms with E-state index < -0.39 is 0 Å². The molecule has 0 aromatic heterocycles. The Labute approximate surface area is 89.4 Å². The van der Waals surface area contributed by atoms with Gasteiger partial charge in [0.2, 0.25) is 5.91 Å². The number of carbonyl (C=O) groups excluding carboxylic acids is 1. The molecule has 4 nitrogen and oxygen atoms in total. The SMILES string of the molecule is COc1ccccc1CCNC(=O)CN. The van der Waals surface area contributed by atoms with Crippen LogP contribution in [-0.2, 0) is 11.2 Å². The lowest BCUT2D eigenvalue weighted by molar-refractivity contribution is -0.119. The summed E-state index contributed by atoms with van der Waals surface area (Å²) in [6.45, 7) is 0.613. The third-order valence-electron chi connectivity index (χ3n) is 2.09. The lowest BCUT2D eigenvalue weighted by Crippen LogP contribution is -2.31. The first kappa shape index (κ1) is 11.5. The Hall–Kier alpha value is -1.55. The van der Waals surface area contributed by atoms with E-state index in [0.29, 0.717) is 6.54 Å². The molecule has 1 aromatic rings. The van der Waals surface area contributed by atoms with Crippen LogP contribution in [0.3, 0.4) is 0 Å². The highest BCUT2D eigenvalue weighted by atomic mass is 16.5. The zero-order chi connectivity index (χ0) is 11.1. The maximum atomic E-state index is 10.9. The van der Waals surface area contributed by atoms with Crippen LogP contribution in [0.5, 0.6) is 5.75 Å². The molecule has 4 heteroatoms. The number of rotatable bonds is 5. The van der Waals surface area contributed by atoms with E-state index in [1.165, 1.54) is 0 Å². The standard InChI is InChI=1S/C11H16N2O2/c1-15-10-5-3-2-4-9(10)6-7-13-11(14)8-12/h2-5H,6-8,12H2,1H3,(H,13,14). The van der Waals surface area contributed by atoms with Gasteiger partial charge in [-0.05, 0) is 18.1 Å². The molecule has 0 aliphatic carbocycles. The topological polar surface area (TPSA) is 64.3 Å². The van der Waals surface area contributed by atoms with Crippen molar-refractivity contribution in [2.24, 2.45) is 5.73 Å². The van der Waals surface area contributed by atoms with Crippen molar-refractivity contribution in [1.29, 1.82) is 0 Å². The van der Waals surface area contributed by atoms with Crippen LogP contribution in [0.15, 0.2) is 24.3 Å². The molecule has 1 aromatic carbocycles. The molecule has 0 radical (unpaired) electrons. The normalized spacial score (nSPS) is 9.73. The van der Waals surface area contributed by atoms with Crippen molar-refractivity contribution in [2.75, 3.05) is 20.2 Å². The van der Waals surface area contributed by atoms with Gasteiger partial charge in [0.05, 0.1) is 13.7 Å². The predicted molar refractivity (Wildman–Crippen MR) is 58.8 cm³/mol. The van der Waals surface area contributed by atoms with Crippen molar-refractivity contribution >= 4 is 5.91 Å². The summed E-state index contributed by atoms with van der Waals surface area (Å²) in [5.41, 5.74) is 6.25. The number of methoxy groups -OCH3 is 1. The Morgan fingerprint density at radius 3 is 2.87 bits per heavy atom. The number of carbonyl (C=O) groups is 1. The van der Waals surface area contributed by atoms with E-state index in [4.69, 9.17) is 10.5 Å². The molecule has 3 N–H and O–H groups in total. The molecular weight excluding hydrogens is 192 g/mol. The maximum absolute atomic E-state index is 10.9. The summed E-state index contributed by atoms with van der Waals surface area (Å²) >= 11 is 0. The molecular formula is C11H16N2O2. The summed E-state index contributed by atoms with van der Waals surface area (Å²) in [5, 5.41) is 2.71. The fourth-order valence-corrected chi connectivity index (χ4v) is 1.32. The first-order chi connectivity index (χ1) is 7.27. The monoisotopic (exact) mass is 208 g/mol. The summed E-state index contributed by atoms with van der Waals surface area (Å²) in [7, 11) is 1.64. The number of para-hydroxylation sites is 1. The van der Waals surface area contributed by atoms with Gasteiger partial charge in [-0.1, -0.05) is 18.2 Å². The Morgan fingerprint density at radius 2 is 2.20 bits per heavy atom. The molecule has 0 fully saturated rings. The molecule has 0 atom stereocenters. The molecule has 0 spiro atoms. The summed E-state index contributed by atoms with van der Waals surface area (Å²) < 4.78 is 5.19. The molecule has 0 heterocycles. The Bertz CT molecular complexity index is 326. The number of nitrogens with one attached hydrogen (secondary N) is 1. The van der Waals surface area contributed by atoms with Gasteiger partial charge in [0.1, 0.15) is 5.75 Å². The van der Waals surface area contributed by atoms with Gasteiger partial charge in [-0.15, -0.1) is 0 Å². The van der Waals surface area contributed by atoms with Crippen LogP contribution in [0.4, 0.5) is 0 Å². The van der Waals surface area contributed by atoms with Crippen LogP contribution in [0, 0.1) is 0 Å². The fourth-order valence-electron chi connectivity index (χ4n) is 1.32. The third kappa shape index (κ3) is 3.59. The second-order valence-electron chi connectivity index (χ2n) is 3.12. The molecule has 0 aliphatic heterocycles. The minimum Gasteiger partial charge on any atom is -0.496 e. The van der Waals surface area contributed by atoms with E-state index >= 15 is 0 Å². The quantitative estimate of drug-likeness (QED) is 0.732. The highest BCUT2D eigenvalue weighted by Gasteiger charge is 2.02. The second-order valence-corrected chi connectivity index (χ2v) is 3.12. The fraction of sp³-hybridized carbons (Fsp3) is 0.364. The summed E-state index contributed by atoms with van der Waals surface area (Å²) in [6, 6.07) is 7.75. The molecule has 0 bridgehead atoms. The molecule has 0 unspecified atom stereocenters. The van der Waals surface area contributed by atoms with E-state index in [1.807, 2.05) is 24.3 Å². The van der Waals surface area contributed by atoms with Gasteiger partial charge in [0, 0.05) is 6.54 Å². The van der Waals surface area contributed by atoms with Crippen LogP contribution in [-0.4, -0.2) is 26.1 Å². The zero-order valence-corrected chi connectivity index (χ0v) is 8.82. The smallest absolute Gasteiger partial charge is 0.233 e. The number of amides is 1. The number of hydrogen-bond donors (Lipinski definition) is 2. The second kappa shape index (κ2) is 6.03. The van der Waals surface area contributed by atoms with Gasteiger partial charge in [0.25, 0.3) is 0 Å². The highest BCUT2D eigenvalue weighted by Crippen LogP contribution is 2.16. The van der Waals surface area contributed by atoms with E-state index in [2.05, 4.69) is 5.32 Å². The molecule has 0 saturated heterocycles. The molecule has 1 rings (SSSR count). The minimum atomic E-state index is -0.134.